The molecular formula is C24H23N3O4S. The lowest BCUT2D eigenvalue weighted by molar-refractivity contribution is 0.0603. The van der Waals surface area contributed by atoms with Crippen molar-refractivity contribution in [3.63, 3.8) is 0 Å². The van der Waals surface area contributed by atoms with Crippen LogP contribution in [-0.2, 0) is 4.74 Å². The van der Waals surface area contributed by atoms with Crippen molar-refractivity contribution in [1.29, 1.82) is 0 Å². The highest BCUT2D eigenvalue weighted by Crippen LogP contribution is 2.34. The summed E-state index contributed by atoms with van der Waals surface area (Å²) in [4.78, 5) is 46.0. The molecule has 2 aliphatic heterocycles. The number of benzene rings is 2. The molecule has 0 atom stereocenters. The minimum absolute atomic E-state index is 0.105. The monoisotopic (exact) mass is 449 g/mol. The first-order valence-corrected chi connectivity index (χ1v) is 11.5. The van der Waals surface area contributed by atoms with E-state index >= 15 is 0 Å². The largest absolute Gasteiger partial charge is 0.383 e. The molecule has 1 fully saturated rings. The minimum Gasteiger partial charge on any atom is -0.383 e. The number of thiazole rings is 1. The van der Waals surface area contributed by atoms with Gasteiger partial charge in [-0.15, -0.1) is 11.3 Å². The molecule has 2 aromatic carbocycles. The highest BCUT2D eigenvalue weighted by Gasteiger charge is 2.36. The minimum atomic E-state index is -0.369. The van der Waals surface area contributed by atoms with Crippen molar-refractivity contribution in [1.82, 2.24) is 14.8 Å². The van der Waals surface area contributed by atoms with Gasteiger partial charge in [0.2, 0.25) is 0 Å². The number of piperidine rings is 1. The van der Waals surface area contributed by atoms with Crippen LogP contribution >= 0.6 is 11.3 Å². The van der Waals surface area contributed by atoms with E-state index < -0.39 is 0 Å². The number of carbonyl (C=O) groups excluding carboxylic acids is 3. The standard InChI is InChI=1S/C24H23N3O4S/c1-31-13-12-27-23(29)17-7-6-16(14-18(17)24(27)30)22(28)26-10-8-15(9-11-26)21-25-19-4-2-3-5-20(19)32-21/h2-7,14-15H,8-13H2,1H3. The number of rotatable bonds is 5. The second kappa shape index (κ2) is 8.44. The second-order valence-corrected chi connectivity index (χ2v) is 9.16. The molecule has 164 valence electrons. The molecule has 2 aliphatic rings. The summed E-state index contributed by atoms with van der Waals surface area (Å²) in [5, 5.41) is 1.14. The summed E-state index contributed by atoms with van der Waals surface area (Å²) < 4.78 is 6.18. The van der Waals surface area contributed by atoms with Gasteiger partial charge in [0.05, 0.1) is 39.5 Å². The molecule has 7 nitrogen and oxygen atoms in total. The van der Waals surface area contributed by atoms with Crippen LogP contribution in [0.3, 0.4) is 0 Å². The summed E-state index contributed by atoms with van der Waals surface area (Å²) in [6.07, 6.45) is 1.72. The molecule has 3 amide bonds. The molecule has 1 saturated heterocycles. The third-order valence-electron chi connectivity index (χ3n) is 6.18. The highest BCUT2D eigenvalue weighted by molar-refractivity contribution is 7.18. The Morgan fingerprint density at radius 2 is 1.84 bits per heavy atom. The van der Waals surface area contributed by atoms with Gasteiger partial charge in [-0.05, 0) is 43.2 Å². The highest BCUT2D eigenvalue weighted by atomic mass is 32.1. The van der Waals surface area contributed by atoms with E-state index in [1.807, 2.05) is 23.1 Å². The smallest absolute Gasteiger partial charge is 0.261 e. The Labute approximate surface area is 189 Å². The van der Waals surface area contributed by atoms with Gasteiger partial charge in [0.25, 0.3) is 17.7 Å². The number of carbonyl (C=O) groups is 3. The molecule has 0 aliphatic carbocycles. The second-order valence-electron chi connectivity index (χ2n) is 8.10. The maximum Gasteiger partial charge on any atom is 0.261 e. The van der Waals surface area contributed by atoms with Crippen molar-refractivity contribution in [3.8, 4) is 0 Å². The maximum atomic E-state index is 13.1. The predicted octanol–water partition coefficient (Wildman–Crippen LogP) is 3.56. The first-order chi connectivity index (χ1) is 15.6. The number of hydrogen-bond donors (Lipinski definition) is 0. The van der Waals surface area contributed by atoms with Gasteiger partial charge in [0, 0.05) is 31.7 Å². The lowest BCUT2D eigenvalue weighted by Gasteiger charge is -2.31. The zero-order valence-corrected chi connectivity index (χ0v) is 18.6. The average molecular weight is 450 g/mol. The Morgan fingerprint density at radius 1 is 1.09 bits per heavy atom. The quantitative estimate of drug-likeness (QED) is 0.557. The third-order valence-corrected chi connectivity index (χ3v) is 7.38. The lowest BCUT2D eigenvalue weighted by atomic mass is 9.96. The molecule has 3 aromatic rings. The van der Waals surface area contributed by atoms with Crippen LogP contribution in [0.4, 0.5) is 0 Å². The fourth-order valence-electron chi connectivity index (χ4n) is 4.39. The van der Waals surface area contributed by atoms with E-state index in [2.05, 4.69) is 6.07 Å². The number of fused-ring (bicyclic) bond motifs is 2. The zero-order chi connectivity index (χ0) is 22.2. The van der Waals surface area contributed by atoms with Crippen LogP contribution in [0.5, 0.6) is 0 Å². The first-order valence-electron chi connectivity index (χ1n) is 10.7. The van der Waals surface area contributed by atoms with Gasteiger partial charge in [-0.25, -0.2) is 4.98 Å². The fraction of sp³-hybridized carbons (Fsp3) is 0.333. The molecule has 0 bridgehead atoms. The number of amides is 3. The van der Waals surface area contributed by atoms with Gasteiger partial charge in [-0.1, -0.05) is 12.1 Å². The van der Waals surface area contributed by atoms with Crippen LogP contribution in [0.25, 0.3) is 10.2 Å². The number of aromatic nitrogens is 1. The molecule has 0 N–H and O–H groups in total. The molecule has 1 aromatic heterocycles. The number of para-hydroxylation sites is 1. The van der Waals surface area contributed by atoms with Crippen LogP contribution in [0.1, 0.15) is 54.8 Å². The van der Waals surface area contributed by atoms with Crippen LogP contribution in [0.2, 0.25) is 0 Å². The normalized spacial score (nSPS) is 16.8. The van der Waals surface area contributed by atoms with Crippen molar-refractivity contribution >= 4 is 39.3 Å². The first kappa shape index (κ1) is 20.8. The molecule has 32 heavy (non-hydrogen) atoms. The predicted molar refractivity (Wildman–Crippen MR) is 121 cm³/mol. The molecule has 3 heterocycles. The molecule has 0 radical (unpaired) electrons. The lowest BCUT2D eigenvalue weighted by Crippen LogP contribution is -2.38. The Morgan fingerprint density at radius 3 is 2.59 bits per heavy atom. The van der Waals surface area contributed by atoms with Crippen molar-refractivity contribution < 1.29 is 19.1 Å². The van der Waals surface area contributed by atoms with E-state index in [1.54, 1.807) is 29.5 Å². The summed E-state index contributed by atoms with van der Waals surface area (Å²) in [7, 11) is 1.52. The summed E-state index contributed by atoms with van der Waals surface area (Å²) in [6, 6.07) is 12.9. The number of likely N-dealkylation sites (tertiary alicyclic amines) is 1. The van der Waals surface area contributed by atoms with Crippen LogP contribution in [0, 0.1) is 0 Å². The zero-order valence-electron chi connectivity index (χ0n) is 17.7. The van der Waals surface area contributed by atoms with E-state index in [4.69, 9.17) is 9.72 Å². The molecule has 5 rings (SSSR count). The Balaban J connectivity index is 1.27. The molecular weight excluding hydrogens is 426 g/mol. The van der Waals surface area contributed by atoms with E-state index in [0.717, 1.165) is 23.4 Å². The van der Waals surface area contributed by atoms with Crippen molar-refractivity contribution in [2.45, 2.75) is 18.8 Å². The van der Waals surface area contributed by atoms with Gasteiger partial charge in [-0.3, -0.25) is 19.3 Å². The number of ether oxygens (including phenoxy) is 1. The van der Waals surface area contributed by atoms with Crippen LogP contribution in [0.15, 0.2) is 42.5 Å². The third kappa shape index (κ3) is 3.59. The molecule has 0 spiro atoms. The number of hydrogen-bond acceptors (Lipinski definition) is 6. The summed E-state index contributed by atoms with van der Waals surface area (Å²) in [6.45, 7) is 1.76. The maximum absolute atomic E-state index is 13.1. The average Bonchev–Trinajstić information content (AvgIpc) is 3.36. The van der Waals surface area contributed by atoms with Gasteiger partial charge >= 0.3 is 0 Å². The topological polar surface area (TPSA) is 79.8 Å². The van der Waals surface area contributed by atoms with Gasteiger partial charge < -0.3 is 9.64 Å². The van der Waals surface area contributed by atoms with E-state index in [-0.39, 0.29) is 30.9 Å². The van der Waals surface area contributed by atoms with Crippen LogP contribution < -0.4 is 0 Å². The summed E-state index contributed by atoms with van der Waals surface area (Å²) >= 11 is 1.73. The Hall–Kier alpha value is -3.10. The number of nitrogens with zero attached hydrogens (tertiary/aromatic N) is 3. The van der Waals surface area contributed by atoms with E-state index in [1.165, 1.54) is 16.7 Å². The van der Waals surface area contributed by atoms with Gasteiger partial charge in [0.1, 0.15) is 0 Å². The Kier molecular flexibility index (Phi) is 5.48. The molecule has 8 heteroatoms. The van der Waals surface area contributed by atoms with Crippen LogP contribution in [-0.4, -0.2) is 65.9 Å². The fourth-order valence-corrected chi connectivity index (χ4v) is 5.52. The van der Waals surface area contributed by atoms with E-state index in [0.29, 0.717) is 35.7 Å². The number of imide groups is 1. The van der Waals surface area contributed by atoms with E-state index in [9.17, 15) is 14.4 Å². The molecule has 0 unspecified atom stereocenters. The summed E-state index contributed by atoms with van der Waals surface area (Å²) in [5.74, 6) is -0.458. The SMILES string of the molecule is COCCN1C(=O)c2ccc(C(=O)N3CCC(c4nc5ccccc5s4)CC3)cc2C1=O. The van der Waals surface area contributed by atoms with Crippen molar-refractivity contribution in [2.75, 3.05) is 33.4 Å². The van der Waals surface area contributed by atoms with Crippen molar-refractivity contribution in [3.05, 3.63) is 64.2 Å². The van der Waals surface area contributed by atoms with Gasteiger partial charge in [-0.2, -0.15) is 0 Å². The number of methoxy groups -OCH3 is 1. The summed E-state index contributed by atoms with van der Waals surface area (Å²) in [5.41, 5.74) is 2.11. The van der Waals surface area contributed by atoms with Crippen molar-refractivity contribution in [2.24, 2.45) is 0 Å². The Bertz CT molecular complexity index is 1180. The van der Waals surface area contributed by atoms with Gasteiger partial charge in [0.15, 0.2) is 0 Å². The molecule has 0 saturated carbocycles.